The number of hydrogen-bond donors (Lipinski definition) is 1. The molecule has 1 aromatic rings. The molecule has 1 rings (SSSR count). The Hall–Kier alpha value is -0.930. The van der Waals surface area contributed by atoms with Crippen molar-refractivity contribution in [3.8, 4) is 0 Å². The predicted molar refractivity (Wildman–Crippen MR) is 68.7 cm³/mol. The van der Waals surface area contributed by atoms with Gasteiger partial charge in [0.05, 0.1) is 0 Å². The maximum atomic E-state index is 13.5. The molecule has 1 atom stereocenters. The second-order valence-corrected chi connectivity index (χ2v) is 4.23. The molecular formula is C14H22FNO. The second kappa shape index (κ2) is 8.20. The van der Waals surface area contributed by atoms with Gasteiger partial charge in [-0.25, -0.2) is 4.39 Å². The van der Waals surface area contributed by atoms with Crippen LogP contribution in [0.15, 0.2) is 24.3 Å². The first-order valence-electron chi connectivity index (χ1n) is 6.23. The van der Waals surface area contributed by atoms with E-state index in [0.717, 1.165) is 31.4 Å². The van der Waals surface area contributed by atoms with Crippen LogP contribution in [0, 0.1) is 5.82 Å². The average Bonchev–Trinajstić information content (AvgIpc) is 2.35. The van der Waals surface area contributed by atoms with Crippen LogP contribution in [-0.4, -0.2) is 26.3 Å². The fourth-order valence-electron chi connectivity index (χ4n) is 1.81. The molecule has 0 bridgehead atoms. The molecule has 0 amide bonds. The first-order valence-corrected chi connectivity index (χ1v) is 6.23. The Labute approximate surface area is 103 Å². The Kier molecular flexibility index (Phi) is 6.82. The Balaban J connectivity index is 2.55. The van der Waals surface area contributed by atoms with Crippen LogP contribution >= 0.6 is 0 Å². The summed E-state index contributed by atoms with van der Waals surface area (Å²) in [6.07, 6.45) is 2.71. The fraction of sp³-hybridized carbons (Fsp3) is 0.571. The molecule has 0 radical (unpaired) electrons. The number of rotatable bonds is 8. The third-order valence-corrected chi connectivity index (χ3v) is 2.78. The van der Waals surface area contributed by atoms with Crippen molar-refractivity contribution in [2.45, 2.75) is 32.2 Å². The molecule has 3 heteroatoms. The van der Waals surface area contributed by atoms with E-state index in [1.54, 1.807) is 13.2 Å². The number of hydrogen-bond acceptors (Lipinski definition) is 2. The zero-order valence-electron chi connectivity index (χ0n) is 10.7. The van der Waals surface area contributed by atoms with Gasteiger partial charge < -0.3 is 10.1 Å². The van der Waals surface area contributed by atoms with Gasteiger partial charge in [0.15, 0.2) is 0 Å². The van der Waals surface area contributed by atoms with Crippen molar-refractivity contribution in [3.63, 3.8) is 0 Å². The molecule has 0 spiro atoms. The zero-order chi connectivity index (χ0) is 12.5. The van der Waals surface area contributed by atoms with Gasteiger partial charge in [-0.1, -0.05) is 25.1 Å². The molecule has 96 valence electrons. The summed E-state index contributed by atoms with van der Waals surface area (Å²) in [5.74, 6) is -0.117. The number of halogens is 1. The van der Waals surface area contributed by atoms with Crippen LogP contribution in [0.25, 0.3) is 0 Å². The summed E-state index contributed by atoms with van der Waals surface area (Å²) in [6.45, 7) is 3.79. The predicted octanol–water partition coefficient (Wildman–Crippen LogP) is 2.77. The van der Waals surface area contributed by atoms with Crippen LogP contribution in [0.5, 0.6) is 0 Å². The van der Waals surface area contributed by atoms with Gasteiger partial charge in [-0.05, 0) is 37.4 Å². The topological polar surface area (TPSA) is 21.3 Å². The highest BCUT2D eigenvalue weighted by molar-refractivity contribution is 5.18. The van der Waals surface area contributed by atoms with E-state index in [1.165, 1.54) is 6.07 Å². The van der Waals surface area contributed by atoms with Crippen molar-refractivity contribution in [3.05, 3.63) is 35.6 Å². The molecular weight excluding hydrogens is 217 g/mol. The summed E-state index contributed by atoms with van der Waals surface area (Å²) < 4.78 is 18.6. The monoisotopic (exact) mass is 239 g/mol. The maximum absolute atomic E-state index is 13.5. The van der Waals surface area contributed by atoms with Gasteiger partial charge in [0.2, 0.25) is 0 Å². The van der Waals surface area contributed by atoms with Crippen molar-refractivity contribution in [1.29, 1.82) is 0 Å². The highest BCUT2D eigenvalue weighted by atomic mass is 19.1. The molecule has 0 aliphatic carbocycles. The van der Waals surface area contributed by atoms with E-state index < -0.39 is 0 Å². The van der Waals surface area contributed by atoms with Crippen molar-refractivity contribution >= 4 is 0 Å². The molecule has 0 heterocycles. The summed E-state index contributed by atoms with van der Waals surface area (Å²) >= 11 is 0. The van der Waals surface area contributed by atoms with Gasteiger partial charge in [-0.2, -0.15) is 0 Å². The smallest absolute Gasteiger partial charge is 0.126 e. The third-order valence-electron chi connectivity index (χ3n) is 2.78. The Morgan fingerprint density at radius 3 is 2.76 bits per heavy atom. The third kappa shape index (κ3) is 5.29. The van der Waals surface area contributed by atoms with Gasteiger partial charge in [-0.15, -0.1) is 0 Å². The minimum Gasteiger partial charge on any atom is -0.385 e. The van der Waals surface area contributed by atoms with Crippen molar-refractivity contribution < 1.29 is 9.13 Å². The van der Waals surface area contributed by atoms with Gasteiger partial charge >= 0.3 is 0 Å². The van der Waals surface area contributed by atoms with Crippen LogP contribution in [-0.2, 0) is 11.2 Å². The molecule has 0 aliphatic rings. The van der Waals surface area contributed by atoms with E-state index in [4.69, 9.17) is 4.74 Å². The van der Waals surface area contributed by atoms with Crippen molar-refractivity contribution in [1.82, 2.24) is 5.32 Å². The van der Waals surface area contributed by atoms with Crippen LogP contribution in [0.2, 0.25) is 0 Å². The number of methoxy groups -OCH3 is 1. The van der Waals surface area contributed by atoms with E-state index >= 15 is 0 Å². The minimum absolute atomic E-state index is 0.117. The van der Waals surface area contributed by atoms with Crippen molar-refractivity contribution in [2.24, 2.45) is 0 Å². The molecule has 1 N–H and O–H groups in total. The van der Waals surface area contributed by atoms with Crippen LogP contribution < -0.4 is 5.32 Å². The summed E-state index contributed by atoms with van der Waals surface area (Å²) in [5, 5.41) is 3.43. The maximum Gasteiger partial charge on any atom is 0.126 e. The molecule has 2 nitrogen and oxygen atoms in total. The van der Waals surface area contributed by atoms with Gasteiger partial charge in [0.1, 0.15) is 5.82 Å². The lowest BCUT2D eigenvalue weighted by Crippen LogP contribution is -2.33. The SMILES string of the molecule is CCCNC(CCOC)Cc1ccccc1F. The molecule has 0 saturated heterocycles. The summed E-state index contributed by atoms with van der Waals surface area (Å²) in [4.78, 5) is 0. The molecule has 0 fully saturated rings. The highest BCUT2D eigenvalue weighted by Crippen LogP contribution is 2.11. The lowest BCUT2D eigenvalue weighted by atomic mass is 10.0. The van der Waals surface area contributed by atoms with E-state index in [0.29, 0.717) is 6.61 Å². The number of benzene rings is 1. The minimum atomic E-state index is -0.117. The normalized spacial score (nSPS) is 12.6. The fourth-order valence-corrected chi connectivity index (χ4v) is 1.81. The van der Waals surface area contributed by atoms with E-state index in [9.17, 15) is 4.39 Å². The van der Waals surface area contributed by atoms with Gasteiger partial charge in [0, 0.05) is 19.8 Å². The Morgan fingerprint density at radius 1 is 1.35 bits per heavy atom. The molecule has 0 aliphatic heterocycles. The zero-order valence-corrected chi connectivity index (χ0v) is 10.7. The van der Waals surface area contributed by atoms with Crippen LogP contribution in [0.4, 0.5) is 4.39 Å². The Morgan fingerprint density at radius 2 is 2.12 bits per heavy atom. The van der Waals surface area contributed by atoms with E-state index in [1.807, 2.05) is 12.1 Å². The van der Waals surface area contributed by atoms with Gasteiger partial charge in [0.25, 0.3) is 0 Å². The lowest BCUT2D eigenvalue weighted by Gasteiger charge is -2.18. The first-order chi connectivity index (χ1) is 8.27. The largest absolute Gasteiger partial charge is 0.385 e. The van der Waals surface area contributed by atoms with Crippen LogP contribution in [0.1, 0.15) is 25.3 Å². The van der Waals surface area contributed by atoms with Crippen LogP contribution in [0.3, 0.4) is 0 Å². The van der Waals surface area contributed by atoms with Crippen molar-refractivity contribution in [2.75, 3.05) is 20.3 Å². The Bertz CT molecular complexity index is 309. The summed E-state index contributed by atoms with van der Waals surface area (Å²) in [5.41, 5.74) is 0.775. The highest BCUT2D eigenvalue weighted by Gasteiger charge is 2.11. The second-order valence-electron chi connectivity index (χ2n) is 4.23. The van der Waals surface area contributed by atoms with E-state index in [2.05, 4.69) is 12.2 Å². The summed E-state index contributed by atoms with van der Waals surface area (Å²) in [7, 11) is 1.69. The number of nitrogens with one attached hydrogen (secondary N) is 1. The van der Waals surface area contributed by atoms with Gasteiger partial charge in [-0.3, -0.25) is 0 Å². The standard InChI is InChI=1S/C14H22FNO/c1-3-9-16-13(8-10-17-2)11-12-6-4-5-7-14(12)15/h4-7,13,16H,3,8-11H2,1-2H3. The molecule has 17 heavy (non-hydrogen) atoms. The average molecular weight is 239 g/mol. The molecule has 0 aromatic heterocycles. The quantitative estimate of drug-likeness (QED) is 0.753. The molecule has 1 aromatic carbocycles. The lowest BCUT2D eigenvalue weighted by molar-refractivity contribution is 0.182. The molecule has 1 unspecified atom stereocenters. The first kappa shape index (κ1) is 14.1. The summed E-state index contributed by atoms with van der Waals surface area (Å²) in [6, 6.07) is 7.26. The number of ether oxygens (including phenoxy) is 1. The molecule has 0 saturated carbocycles. The van der Waals surface area contributed by atoms with E-state index in [-0.39, 0.29) is 11.9 Å².